The van der Waals surface area contributed by atoms with Crippen molar-refractivity contribution < 1.29 is 23.8 Å². The number of carbonyl (C=O) groups excluding carboxylic acids is 2. The second-order valence-corrected chi connectivity index (χ2v) is 7.19. The zero-order valence-corrected chi connectivity index (χ0v) is 16.1. The molecule has 3 rings (SSSR count). The van der Waals surface area contributed by atoms with Gasteiger partial charge in [-0.2, -0.15) is 0 Å². The van der Waals surface area contributed by atoms with Gasteiger partial charge in [0.05, 0.1) is 5.02 Å². The van der Waals surface area contributed by atoms with E-state index < -0.39 is 17.7 Å². The second-order valence-electron chi connectivity index (χ2n) is 6.34. The molecule has 2 aromatic rings. The fraction of sp³-hybridized carbons (Fsp3) is 0.200. The fourth-order valence-corrected chi connectivity index (χ4v) is 2.78. The molecule has 0 aliphatic carbocycles. The summed E-state index contributed by atoms with van der Waals surface area (Å²) in [7, 11) is 0. The number of rotatable bonds is 4. The Bertz CT molecular complexity index is 894. The number of esters is 2. The highest BCUT2D eigenvalue weighted by Gasteiger charge is 2.38. The van der Waals surface area contributed by atoms with E-state index in [0.717, 1.165) is 5.56 Å². The molecule has 0 atom stereocenters. The molecule has 0 amide bonds. The van der Waals surface area contributed by atoms with E-state index >= 15 is 0 Å². The van der Waals surface area contributed by atoms with Crippen LogP contribution in [-0.4, -0.2) is 17.7 Å². The third-order valence-corrected chi connectivity index (χ3v) is 4.24. The zero-order valence-electron chi connectivity index (χ0n) is 14.6. The summed E-state index contributed by atoms with van der Waals surface area (Å²) in [4.78, 5) is 24.0. The van der Waals surface area contributed by atoms with Gasteiger partial charge in [0, 0.05) is 18.9 Å². The van der Waals surface area contributed by atoms with E-state index in [9.17, 15) is 9.59 Å². The second kappa shape index (κ2) is 7.62. The molecule has 2 aromatic carbocycles. The van der Waals surface area contributed by atoms with Crippen LogP contribution in [0.1, 0.15) is 25.0 Å². The lowest BCUT2D eigenvalue weighted by atomic mass is 10.1. The molecule has 1 saturated heterocycles. The fourth-order valence-electron chi connectivity index (χ4n) is 2.41. The molecule has 1 fully saturated rings. The van der Waals surface area contributed by atoms with Gasteiger partial charge in [-0.25, -0.2) is 9.59 Å². The normalized spacial score (nSPS) is 15.8. The van der Waals surface area contributed by atoms with Gasteiger partial charge in [0.1, 0.15) is 17.9 Å². The minimum atomic E-state index is -1.28. The SMILES string of the molecule is CC1(C)OC(=O)C(=Cc2ccc(OCc3ccc(Cl)cc3)c(Cl)c2)C(=O)O1. The number of ether oxygens (including phenoxy) is 3. The van der Waals surface area contributed by atoms with Gasteiger partial charge in [0.25, 0.3) is 5.79 Å². The molecule has 0 N–H and O–H groups in total. The molecule has 0 bridgehead atoms. The first-order valence-corrected chi connectivity index (χ1v) is 8.84. The van der Waals surface area contributed by atoms with E-state index in [0.29, 0.717) is 28.0 Å². The summed E-state index contributed by atoms with van der Waals surface area (Å²) in [6.07, 6.45) is 1.37. The van der Waals surface area contributed by atoms with Crippen LogP contribution < -0.4 is 4.74 Å². The lowest BCUT2D eigenvalue weighted by Gasteiger charge is -2.29. The van der Waals surface area contributed by atoms with Crippen molar-refractivity contribution in [3.05, 3.63) is 69.2 Å². The van der Waals surface area contributed by atoms with Gasteiger partial charge in [-0.15, -0.1) is 0 Å². The Morgan fingerprint density at radius 3 is 2.22 bits per heavy atom. The molecule has 0 radical (unpaired) electrons. The van der Waals surface area contributed by atoms with Gasteiger partial charge in [0.2, 0.25) is 0 Å². The Labute approximate surface area is 166 Å². The van der Waals surface area contributed by atoms with Crippen molar-refractivity contribution in [3.8, 4) is 5.75 Å². The molecular formula is C20H16Cl2O5. The Kier molecular flexibility index (Phi) is 5.44. The Morgan fingerprint density at radius 1 is 1.00 bits per heavy atom. The number of carbonyl (C=O) groups is 2. The van der Waals surface area contributed by atoms with Crippen LogP contribution >= 0.6 is 23.2 Å². The van der Waals surface area contributed by atoms with Gasteiger partial charge >= 0.3 is 11.9 Å². The van der Waals surface area contributed by atoms with Crippen LogP contribution in [0.15, 0.2) is 48.0 Å². The van der Waals surface area contributed by atoms with Crippen molar-refractivity contribution >= 4 is 41.2 Å². The average Bonchev–Trinajstić information content (AvgIpc) is 2.58. The molecule has 0 saturated carbocycles. The number of hydrogen-bond acceptors (Lipinski definition) is 5. The molecule has 0 spiro atoms. The van der Waals surface area contributed by atoms with Gasteiger partial charge in [-0.1, -0.05) is 41.4 Å². The topological polar surface area (TPSA) is 61.8 Å². The van der Waals surface area contributed by atoms with Crippen LogP contribution in [0.5, 0.6) is 5.75 Å². The summed E-state index contributed by atoms with van der Waals surface area (Å²) >= 11 is 12.1. The number of halogens is 2. The lowest BCUT2D eigenvalue weighted by Crippen LogP contribution is -2.41. The van der Waals surface area contributed by atoms with Crippen LogP contribution in [0.3, 0.4) is 0 Å². The quantitative estimate of drug-likeness (QED) is 0.414. The maximum absolute atomic E-state index is 12.0. The summed E-state index contributed by atoms with van der Waals surface area (Å²) in [6.45, 7) is 3.30. The molecule has 27 heavy (non-hydrogen) atoms. The smallest absolute Gasteiger partial charge is 0.348 e. The summed E-state index contributed by atoms with van der Waals surface area (Å²) in [5, 5.41) is 0.994. The van der Waals surface area contributed by atoms with Crippen LogP contribution in [0, 0.1) is 0 Å². The largest absolute Gasteiger partial charge is 0.487 e. The molecule has 1 heterocycles. The summed E-state index contributed by atoms with van der Waals surface area (Å²) in [5.74, 6) is -2.28. The first kappa shape index (κ1) is 19.3. The summed E-state index contributed by atoms with van der Waals surface area (Å²) < 4.78 is 15.8. The highest BCUT2D eigenvalue weighted by atomic mass is 35.5. The van der Waals surface area contributed by atoms with Crippen LogP contribution in [0.25, 0.3) is 6.08 Å². The molecule has 0 aromatic heterocycles. The van der Waals surface area contributed by atoms with Crippen molar-refractivity contribution in [2.24, 2.45) is 0 Å². The first-order valence-electron chi connectivity index (χ1n) is 8.09. The van der Waals surface area contributed by atoms with Crippen molar-refractivity contribution in [2.45, 2.75) is 26.2 Å². The van der Waals surface area contributed by atoms with E-state index in [1.165, 1.54) is 19.9 Å². The van der Waals surface area contributed by atoms with Crippen LogP contribution in [0.2, 0.25) is 10.0 Å². The van der Waals surface area contributed by atoms with Crippen molar-refractivity contribution in [1.82, 2.24) is 0 Å². The molecule has 1 aliphatic rings. The van der Waals surface area contributed by atoms with E-state index in [2.05, 4.69) is 0 Å². The average molecular weight is 407 g/mol. The van der Waals surface area contributed by atoms with Gasteiger partial charge in [-0.3, -0.25) is 0 Å². The van der Waals surface area contributed by atoms with E-state index in [1.54, 1.807) is 30.3 Å². The highest BCUT2D eigenvalue weighted by Crippen LogP contribution is 2.29. The number of hydrogen-bond donors (Lipinski definition) is 0. The monoisotopic (exact) mass is 406 g/mol. The summed E-state index contributed by atoms with van der Waals surface area (Å²) in [5.41, 5.74) is 1.29. The molecule has 5 nitrogen and oxygen atoms in total. The predicted octanol–water partition coefficient (Wildman–Crippen LogP) is 4.79. The number of benzene rings is 2. The molecule has 0 unspecified atom stereocenters. The minimum absolute atomic E-state index is 0.194. The maximum Gasteiger partial charge on any atom is 0.348 e. The third-order valence-electron chi connectivity index (χ3n) is 3.69. The van der Waals surface area contributed by atoms with Gasteiger partial charge in [-0.05, 0) is 41.5 Å². The molecule has 7 heteroatoms. The van der Waals surface area contributed by atoms with Crippen LogP contribution in [0.4, 0.5) is 0 Å². The predicted molar refractivity (Wildman–Crippen MR) is 101 cm³/mol. The van der Waals surface area contributed by atoms with E-state index in [4.69, 9.17) is 37.4 Å². The summed E-state index contributed by atoms with van der Waals surface area (Å²) in [6, 6.07) is 12.2. The van der Waals surface area contributed by atoms with Gasteiger partial charge in [0.15, 0.2) is 0 Å². The number of cyclic esters (lactones) is 2. The Morgan fingerprint density at radius 2 is 1.63 bits per heavy atom. The minimum Gasteiger partial charge on any atom is -0.487 e. The standard InChI is InChI=1S/C20H16Cl2O5/c1-20(2)26-18(23)15(19(24)27-20)9-13-5-8-17(16(22)10-13)25-11-12-3-6-14(21)7-4-12/h3-10H,11H2,1-2H3. The molecule has 1 aliphatic heterocycles. The molecule has 140 valence electrons. The lowest BCUT2D eigenvalue weighted by molar-refractivity contribution is -0.222. The molecular weight excluding hydrogens is 391 g/mol. The van der Waals surface area contributed by atoms with Crippen LogP contribution in [-0.2, 0) is 25.7 Å². The Balaban J connectivity index is 1.73. The third kappa shape index (κ3) is 4.81. The highest BCUT2D eigenvalue weighted by molar-refractivity contribution is 6.32. The first-order chi connectivity index (χ1) is 12.7. The maximum atomic E-state index is 12.0. The van der Waals surface area contributed by atoms with E-state index in [-0.39, 0.29) is 5.57 Å². The van der Waals surface area contributed by atoms with Crippen molar-refractivity contribution in [1.29, 1.82) is 0 Å². The van der Waals surface area contributed by atoms with Gasteiger partial charge < -0.3 is 14.2 Å². The van der Waals surface area contributed by atoms with E-state index in [1.807, 2.05) is 12.1 Å². The Hall–Kier alpha value is -2.50. The zero-order chi connectivity index (χ0) is 19.6. The van der Waals surface area contributed by atoms with Crippen molar-refractivity contribution in [3.63, 3.8) is 0 Å². The van der Waals surface area contributed by atoms with Crippen molar-refractivity contribution in [2.75, 3.05) is 0 Å².